The molecule has 0 bridgehead atoms. The van der Waals surface area contributed by atoms with E-state index >= 15 is 0 Å². The maximum atomic E-state index is 4.52. The zero-order chi connectivity index (χ0) is 13.8. The number of anilines is 1. The lowest BCUT2D eigenvalue weighted by molar-refractivity contribution is 0.431. The molecule has 0 saturated carbocycles. The number of hydrogen-bond acceptors (Lipinski definition) is 6. The van der Waals surface area contributed by atoms with Crippen LogP contribution in [-0.4, -0.2) is 50.9 Å². The Labute approximate surface area is 118 Å². The molecule has 2 aromatic heterocycles. The standard InChI is InChI=1S/C13H21N7/c1-2-8-14-10-11-5-3-4-9-19(11)13-7-6-12-15-17-18-20(12)16-13/h6-7,11,14H,2-5,8-10H2,1H3. The maximum Gasteiger partial charge on any atom is 0.200 e. The summed E-state index contributed by atoms with van der Waals surface area (Å²) in [4.78, 5) is 2.38. The predicted octanol–water partition coefficient (Wildman–Crippen LogP) is 0.878. The van der Waals surface area contributed by atoms with Gasteiger partial charge in [0.15, 0.2) is 11.5 Å². The van der Waals surface area contributed by atoms with E-state index in [1.54, 1.807) is 0 Å². The molecular formula is C13H21N7. The summed E-state index contributed by atoms with van der Waals surface area (Å²) < 4.78 is 1.50. The van der Waals surface area contributed by atoms with E-state index in [-0.39, 0.29) is 0 Å². The van der Waals surface area contributed by atoms with Gasteiger partial charge in [-0.2, -0.15) is 0 Å². The van der Waals surface area contributed by atoms with Crippen LogP contribution >= 0.6 is 0 Å². The van der Waals surface area contributed by atoms with Gasteiger partial charge in [-0.05, 0) is 54.8 Å². The molecule has 3 heterocycles. The Morgan fingerprint density at radius 2 is 2.30 bits per heavy atom. The highest BCUT2D eigenvalue weighted by Gasteiger charge is 2.23. The van der Waals surface area contributed by atoms with Crippen molar-refractivity contribution in [1.29, 1.82) is 0 Å². The van der Waals surface area contributed by atoms with Gasteiger partial charge in [0.1, 0.15) is 0 Å². The minimum atomic E-state index is 0.511. The smallest absolute Gasteiger partial charge is 0.200 e. The molecule has 1 aliphatic heterocycles. The first-order valence-corrected chi connectivity index (χ1v) is 7.41. The Kier molecular flexibility index (Phi) is 4.05. The maximum absolute atomic E-state index is 4.52. The summed E-state index contributed by atoms with van der Waals surface area (Å²) in [5, 5.41) is 19.4. The first-order valence-electron chi connectivity index (χ1n) is 7.41. The van der Waals surface area contributed by atoms with Gasteiger partial charge in [-0.25, -0.2) is 0 Å². The normalized spacial score (nSPS) is 19.6. The van der Waals surface area contributed by atoms with E-state index in [0.29, 0.717) is 11.7 Å². The van der Waals surface area contributed by atoms with Crippen LogP contribution in [0.3, 0.4) is 0 Å². The lowest BCUT2D eigenvalue weighted by Crippen LogP contribution is -2.46. The van der Waals surface area contributed by atoms with E-state index in [0.717, 1.165) is 25.5 Å². The predicted molar refractivity (Wildman–Crippen MR) is 76.7 cm³/mol. The van der Waals surface area contributed by atoms with Gasteiger partial charge >= 0.3 is 0 Å². The van der Waals surface area contributed by atoms with E-state index in [4.69, 9.17) is 0 Å². The first kappa shape index (κ1) is 13.2. The fraction of sp³-hybridized carbons (Fsp3) is 0.692. The third-order valence-corrected chi connectivity index (χ3v) is 3.78. The van der Waals surface area contributed by atoms with Crippen LogP contribution in [0.15, 0.2) is 12.1 Å². The van der Waals surface area contributed by atoms with Crippen molar-refractivity contribution in [3.05, 3.63) is 12.1 Å². The van der Waals surface area contributed by atoms with Crippen LogP contribution in [0, 0.1) is 0 Å². The highest BCUT2D eigenvalue weighted by Crippen LogP contribution is 2.22. The minimum absolute atomic E-state index is 0.511. The van der Waals surface area contributed by atoms with Crippen molar-refractivity contribution in [3.8, 4) is 0 Å². The van der Waals surface area contributed by atoms with Crippen LogP contribution in [0.1, 0.15) is 32.6 Å². The number of hydrogen-bond donors (Lipinski definition) is 1. The zero-order valence-corrected chi connectivity index (χ0v) is 11.9. The Balaban J connectivity index is 1.77. The molecule has 0 amide bonds. The Hall–Kier alpha value is -1.76. The van der Waals surface area contributed by atoms with Gasteiger partial charge in [-0.15, -0.1) is 14.8 Å². The number of aromatic nitrogens is 5. The summed E-state index contributed by atoms with van der Waals surface area (Å²) in [7, 11) is 0. The number of nitrogens with zero attached hydrogens (tertiary/aromatic N) is 6. The molecule has 7 heteroatoms. The van der Waals surface area contributed by atoms with Crippen LogP contribution in [0.2, 0.25) is 0 Å². The second-order valence-corrected chi connectivity index (χ2v) is 5.27. The second-order valence-electron chi connectivity index (χ2n) is 5.27. The minimum Gasteiger partial charge on any atom is -0.351 e. The molecule has 108 valence electrons. The summed E-state index contributed by atoms with van der Waals surface area (Å²) in [6.45, 7) is 5.34. The fourth-order valence-electron chi connectivity index (χ4n) is 2.75. The molecule has 1 N–H and O–H groups in total. The summed E-state index contributed by atoms with van der Waals surface area (Å²) in [5.41, 5.74) is 0.686. The van der Waals surface area contributed by atoms with Crippen molar-refractivity contribution in [2.45, 2.75) is 38.6 Å². The number of nitrogens with one attached hydrogen (secondary N) is 1. The lowest BCUT2D eigenvalue weighted by atomic mass is 10.0. The van der Waals surface area contributed by atoms with E-state index in [1.165, 1.54) is 30.3 Å². The van der Waals surface area contributed by atoms with Gasteiger partial charge in [0, 0.05) is 19.1 Å². The molecule has 0 spiro atoms. The van der Waals surface area contributed by atoms with E-state index < -0.39 is 0 Å². The van der Waals surface area contributed by atoms with E-state index in [9.17, 15) is 0 Å². The molecule has 7 nitrogen and oxygen atoms in total. The summed E-state index contributed by atoms with van der Waals surface area (Å²) in [6.07, 6.45) is 4.90. The zero-order valence-electron chi connectivity index (χ0n) is 11.9. The molecule has 2 aromatic rings. The van der Waals surface area contributed by atoms with Crippen molar-refractivity contribution >= 4 is 11.5 Å². The number of piperidine rings is 1. The number of fused-ring (bicyclic) bond motifs is 1. The van der Waals surface area contributed by atoms with Gasteiger partial charge in [-0.3, -0.25) is 0 Å². The summed E-state index contributed by atoms with van der Waals surface area (Å²) in [6, 6.07) is 4.45. The van der Waals surface area contributed by atoms with Crippen LogP contribution in [-0.2, 0) is 0 Å². The van der Waals surface area contributed by atoms with Gasteiger partial charge in [0.2, 0.25) is 0 Å². The molecule has 1 atom stereocenters. The third kappa shape index (κ3) is 2.72. The Morgan fingerprint density at radius 3 is 3.20 bits per heavy atom. The molecule has 0 radical (unpaired) electrons. The first-order chi connectivity index (χ1) is 9.88. The van der Waals surface area contributed by atoms with E-state index in [2.05, 4.69) is 37.8 Å². The van der Waals surface area contributed by atoms with Crippen LogP contribution in [0.5, 0.6) is 0 Å². The average Bonchev–Trinajstić information content (AvgIpc) is 2.95. The van der Waals surface area contributed by atoms with Crippen molar-refractivity contribution in [2.24, 2.45) is 0 Å². The lowest BCUT2D eigenvalue weighted by Gasteiger charge is -2.36. The van der Waals surface area contributed by atoms with Crippen molar-refractivity contribution < 1.29 is 0 Å². The SMILES string of the molecule is CCCNCC1CCCCN1c1ccc2nnnn2n1. The third-order valence-electron chi connectivity index (χ3n) is 3.78. The fourth-order valence-corrected chi connectivity index (χ4v) is 2.75. The topological polar surface area (TPSA) is 71.2 Å². The molecular weight excluding hydrogens is 254 g/mol. The van der Waals surface area contributed by atoms with Gasteiger partial charge in [0.25, 0.3) is 0 Å². The molecule has 0 aliphatic carbocycles. The van der Waals surface area contributed by atoms with Gasteiger partial charge < -0.3 is 10.2 Å². The van der Waals surface area contributed by atoms with Crippen LogP contribution < -0.4 is 10.2 Å². The van der Waals surface area contributed by atoms with Crippen LogP contribution in [0.4, 0.5) is 5.82 Å². The molecule has 0 aromatic carbocycles. The Morgan fingerprint density at radius 1 is 1.35 bits per heavy atom. The second kappa shape index (κ2) is 6.13. The van der Waals surface area contributed by atoms with Gasteiger partial charge in [-0.1, -0.05) is 6.92 Å². The van der Waals surface area contributed by atoms with Gasteiger partial charge in [0.05, 0.1) is 0 Å². The van der Waals surface area contributed by atoms with Crippen molar-refractivity contribution in [2.75, 3.05) is 24.5 Å². The highest BCUT2D eigenvalue weighted by molar-refractivity contribution is 5.45. The average molecular weight is 275 g/mol. The quantitative estimate of drug-likeness (QED) is 0.817. The number of tetrazole rings is 1. The number of rotatable bonds is 5. The summed E-state index contributed by atoms with van der Waals surface area (Å²) >= 11 is 0. The van der Waals surface area contributed by atoms with E-state index in [1.807, 2.05) is 12.1 Å². The van der Waals surface area contributed by atoms with Crippen molar-refractivity contribution in [1.82, 2.24) is 30.6 Å². The van der Waals surface area contributed by atoms with Crippen molar-refractivity contribution in [3.63, 3.8) is 0 Å². The molecule has 1 aliphatic rings. The summed E-state index contributed by atoms with van der Waals surface area (Å²) in [5.74, 6) is 0.966. The largest absolute Gasteiger partial charge is 0.351 e. The Bertz CT molecular complexity index is 552. The molecule has 20 heavy (non-hydrogen) atoms. The monoisotopic (exact) mass is 275 g/mol. The van der Waals surface area contributed by atoms with Crippen LogP contribution in [0.25, 0.3) is 5.65 Å². The molecule has 1 saturated heterocycles. The molecule has 1 unspecified atom stereocenters. The molecule has 3 rings (SSSR count). The highest BCUT2D eigenvalue weighted by atomic mass is 15.6. The molecule has 1 fully saturated rings.